The highest BCUT2D eigenvalue weighted by Gasteiger charge is 2.31. The Bertz CT molecular complexity index is 1050. The first kappa shape index (κ1) is 38.3. The molecular formula is C30H52N8O6. The quantitative estimate of drug-likeness (QED) is 0.101. The number of benzene rings is 1. The normalized spacial score (nSPS) is 12.9. The van der Waals surface area contributed by atoms with Crippen LogP contribution in [0.15, 0.2) is 24.3 Å². The summed E-state index contributed by atoms with van der Waals surface area (Å²) >= 11 is 0. The van der Waals surface area contributed by atoms with Crippen molar-refractivity contribution < 1.29 is 28.7 Å². The van der Waals surface area contributed by atoms with E-state index in [4.69, 9.17) is 16.2 Å². The minimum absolute atomic E-state index is 0.0737. The molecule has 0 aromatic heterocycles. The summed E-state index contributed by atoms with van der Waals surface area (Å²) in [5.41, 5.74) is 12.5. The third-order valence-corrected chi connectivity index (χ3v) is 6.81. The molecule has 248 valence electrons. The zero-order valence-electron chi connectivity index (χ0n) is 26.7. The molecule has 14 nitrogen and oxygen atoms in total. The van der Waals surface area contributed by atoms with Crippen LogP contribution in [0.2, 0.25) is 0 Å². The Hall–Kier alpha value is -3.75. The molecule has 0 aliphatic carbocycles. The molecule has 9 N–H and O–H groups in total. The van der Waals surface area contributed by atoms with Crippen LogP contribution in [-0.2, 0) is 30.5 Å². The summed E-state index contributed by atoms with van der Waals surface area (Å²) in [6.45, 7) is 6.90. The van der Waals surface area contributed by atoms with Crippen molar-refractivity contribution in [2.75, 3.05) is 45.6 Å². The van der Waals surface area contributed by atoms with Gasteiger partial charge in [0.15, 0.2) is 0 Å². The molecule has 3 atom stereocenters. The number of carbonyl (C=O) groups is 5. The lowest BCUT2D eigenvalue weighted by Gasteiger charge is -2.27. The van der Waals surface area contributed by atoms with Crippen LogP contribution < -0.4 is 38.1 Å². The van der Waals surface area contributed by atoms with Crippen molar-refractivity contribution in [3.63, 3.8) is 0 Å². The van der Waals surface area contributed by atoms with Gasteiger partial charge in [-0.1, -0.05) is 26.0 Å². The lowest BCUT2D eigenvalue weighted by molar-refractivity contribution is -0.133. The second-order valence-electron chi connectivity index (χ2n) is 11.0. The first-order valence-electron chi connectivity index (χ1n) is 15.1. The maximum absolute atomic E-state index is 13.3. The van der Waals surface area contributed by atoms with Gasteiger partial charge in [-0.2, -0.15) is 0 Å². The van der Waals surface area contributed by atoms with Crippen molar-refractivity contribution in [3.05, 3.63) is 29.8 Å². The van der Waals surface area contributed by atoms with Gasteiger partial charge in [0.1, 0.15) is 24.7 Å². The summed E-state index contributed by atoms with van der Waals surface area (Å²) in [5, 5.41) is 13.9. The Balaban J connectivity index is 2.88. The van der Waals surface area contributed by atoms with Crippen LogP contribution in [-0.4, -0.2) is 93.0 Å². The Labute approximate surface area is 260 Å². The standard InChI is InChI=1S/C30H52N8O6/c1-20(2)26(37-28(41)24(34-21(3)39)9-6-7-15-31)29(42)36-25(10-8-16-32)27(40)35-23-13-11-22(12-14-23)19-44-30(43)38(5)18-17-33-4/h11-14,20,24-26,33H,6-10,15-19,31-32H2,1-5H3,(H,34,39)(H,35,40)(H,36,42)(H,37,41). The molecular weight excluding hydrogens is 568 g/mol. The predicted molar refractivity (Wildman–Crippen MR) is 169 cm³/mol. The lowest BCUT2D eigenvalue weighted by atomic mass is 10.0. The number of unbranched alkanes of at least 4 members (excludes halogenated alkanes) is 1. The molecule has 1 rings (SSSR count). The monoisotopic (exact) mass is 620 g/mol. The average molecular weight is 621 g/mol. The fourth-order valence-corrected chi connectivity index (χ4v) is 4.19. The van der Waals surface area contributed by atoms with Crippen molar-refractivity contribution in [3.8, 4) is 0 Å². The molecule has 0 aliphatic rings. The molecule has 1 aromatic carbocycles. The molecule has 0 aliphatic heterocycles. The molecule has 0 spiro atoms. The van der Waals surface area contributed by atoms with Crippen molar-refractivity contribution in [1.82, 2.24) is 26.2 Å². The van der Waals surface area contributed by atoms with Gasteiger partial charge in [0.05, 0.1) is 0 Å². The molecule has 5 amide bonds. The van der Waals surface area contributed by atoms with E-state index in [1.165, 1.54) is 11.8 Å². The number of amides is 5. The first-order chi connectivity index (χ1) is 20.9. The van der Waals surface area contributed by atoms with Crippen molar-refractivity contribution >= 4 is 35.4 Å². The molecule has 0 radical (unpaired) electrons. The van der Waals surface area contributed by atoms with Gasteiger partial charge in [-0.05, 0) is 75.9 Å². The number of nitrogens with one attached hydrogen (secondary N) is 5. The number of ether oxygens (including phenoxy) is 1. The minimum atomic E-state index is -0.944. The lowest BCUT2D eigenvalue weighted by Crippen LogP contribution is -2.57. The van der Waals surface area contributed by atoms with Crippen molar-refractivity contribution in [1.29, 1.82) is 0 Å². The fraction of sp³-hybridized carbons (Fsp3) is 0.633. The number of rotatable bonds is 20. The summed E-state index contributed by atoms with van der Waals surface area (Å²) in [7, 11) is 3.46. The molecule has 0 heterocycles. The van der Waals surface area contributed by atoms with E-state index in [-0.39, 0.29) is 24.9 Å². The number of carbonyl (C=O) groups excluding carboxylic acids is 5. The fourth-order valence-electron chi connectivity index (χ4n) is 4.19. The van der Waals surface area contributed by atoms with Crippen molar-refractivity contribution in [2.24, 2.45) is 17.4 Å². The average Bonchev–Trinajstić information content (AvgIpc) is 2.98. The van der Waals surface area contributed by atoms with E-state index in [9.17, 15) is 24.0 Å². The highest BCUT2D eigenvalue weighted by atomic mass is 16.6. The highest BCUT2D eigenvalue weighted by molar-refractivity contribution is 5.99. The van der Waals surface area contributed by atoms with Gasteiger partial charge in [-0.15, -0.1) is 0 Å². The maximum atomic E-state index is 13.3. The van der Waals surface area contributed by atoms with Crippen LogP contribution in [0, 0.1) is 5.92 Å². The summed E-state index contributed by atoms with van der Waals surface area (Å²) in [6, 6.07) is 4.15. The zero-order valence-corrected chi connectivity index (χ0v) is 26.7. The van der Waals surface area contributed by atoms with E-state index < -0.39 is 41.9 Å². The van der Waals surface area contributed by atoms with E-state index in [2.05, 4.69) is 26.6 Å². The van der Waals surface area contributed by atoms with Gasteiger partial charge >= 0.3 is 6.09 Å². The van der Waals surface area contributed by atoms with E-state index in [1.807, 2.05) is 0 Å². The van der Waals surface area contributed by atoms with Gasteiger partial charge in [-0.3, -0.25) is 19.2 Å². The number of nitrogens with two attached hydrogens (primary N) is 2. The van der Waals surface area contributed by atoms with E-state index in [0.29, 0.717) is 57.5 Å². The van der Waals surface area contributed by atoms with Crippen LogP contribution >= 0.6 is 0 Å². The van der Waals surface area contributed by atoms with Crippen LogP contribution in [0.4, 0.5) is 10.5 Å². The van der Waals surface area contributed by atoms with Gasteiger partial charge in [0.2, 0.25) is 23.6 Å². The Morgan fingerprint density at radius 1 is 0.841 bits per heavy atom. The van der Waals surface area contributed by atoms with Crippen LogP contribution in [0.1, 0.15) is 58.4 Å². The Morgan fingerprint density at radius 2 is 1.45 bits per heavy atom. The summed E-state index contributed by atoms with van der Waals surface area (Å²) in [6.07, 6.45) is 2.04. The van der Waals surface area contributed by atoms with Crippen molar-refractivity contribution in [2.45, 2.75) is 77.6 Å². The zero-order chi connectivity index (χ0) is 33.1. The molecule has 1 aromatic rings. The smallest absolute Gasteiger partial charge is 0.409 e. The number of likely N-dealkylation sites (N-methyl/N-ethyl adjacent to an activating group) is 2. The van der Waals surface area contributed by atoms with E-state index in [1.54, 1.807) is 52.2 Å². The Morgan fingerprint density at radius 3 is 2.02 bits per heavy atom. The molecule has 0 fully saturated rings. The number of hydrogen-bond donors (Lipinski definition) is 7. The molecule has 0 saturated heterocycles. The summed E-state index contributed by atoms with van der Waals surface area (Å²) in [4.78, 5) is 64.8. The van der Waals surface area contributed by atoms with Crippen LogP contribution in [0.25, 0.3) is 0 Å². The van der Waals surface area contributed by atoms with E-state index in [0.717, 1.165) is 5.56 Å². The topological polar surface area (TPSA) is 210 Å². The minimum Gasteiger partial charge on any atom is -0.445 e. The SMILES string of the molecule is CNCCN(C)C(=O)OCc1ccc(NC(=O)C(CCCN)NC(=O)C(NC(=O)C(CCCCN)NC(C)=O)C(C)C)cc1. The highest BCUT2D eigenvalue weighted by Crippen LogP contribution is 2.13. The molecule has 0 bridgehead atoms. The summed E-state index contributed by atoms with van der Waals surface area (Å²) < 4.78 is 5.32. The number of hydrogen-bond acceptors (Lipinski definition) is 9. The first-order valence-corrected chi connectivity index (χ1v) is 15.1. The third kappa shape index (κ3) is 14.6. The molecule has 0 saturated carbocycles. The molecule has 44 heavy (non-hydrogen) atoms. The predicted octanol–water partition coefficient (Wildman–Crippen LogP) is 0.411. The van der Waals surface area contributed by atoms with Gasteiger partial charge in [0, 0.05) is 32.7 Å². The molecule has 3 unspecified atom stereocenters. The third-order valence-electron chi connectivity index (χ3n) is 6.81. The summed E-state index contributed by atoms with van der Waals surface area (Å²) in [5.74, 6) is -2.10. The largest absolute Gasteiger partial charge is 0.445 e. The molecule has 14 heteroatoms. The van der Waals surface area contributed by atoms with Crippen LogP contribution in [0.3, 0.4) is 0 Å². The van der Waals surface area contributed by atoms with Gasteiger partial charge in [0.25, 0.3) is 0 Å². The van der Waals surface area contributed by atoms with Crippen LogP contribution in [0.5, 0.6) is 0 Å². The second-order valence-corrected chi connectivity index (χ2v) is 11.0. The number of nitrogens with zero attached hydrogens (tertiary/aromatic N) is 1. The Kier molecular flexibility index (Phi) is 18.3. The van der Waals surface area contributed by atoms with Gasteiger partial charge in [-0.25, -0.2) is 4.79 Å². The number of anilines is 1. The second kappa shape index (κ2) is 21.0. The maximum Gasteiger partial charge on any atom is 0.409 e. The van der Waals surface area contributed by atoms with Gasteiger partial charge < -0.3 is 47.7 Å². The van der Waals surface area contributed by atoms with E-state index >= 15 is 0 Å².